The van der Waals surface area contributed by atoms with Gasteiger partial charge in [-0.25, -0.2) is 0 Å². The molecule has 0 aliphatic carbocycles. The minimum Gasteiger partial charge on any atom is -0.496 e. The fraction of sp³-hybridized carbons (Fsp3) is 0.571. The Labute approximate surface area is 105 Å². The molecule has 1 aromatic carbocycles. The molecular formula is C14H24N2O. The molecule has 0 bridgehead atoms. The van der Waals surface area contributed by atoms with Gasteiger partial charge in [0.15, 0.2) is 0 Å². The molecule has 96 valence electrons. The molecule has 0 aliphatic rings. The summed E-state index contributed by atoms with van der Waals surface area (Å²) in [6, 6.07) is 8.55. The fourth-order valence-corrected chi connectivity index (χ4v) is 2.43. The molecule has 0 spiro atoms. The van der Waals surface area contributed by atoms with Gasteiger partial charge in [0.05, 0.1) is 7.11 Å². The van der Waals surface area contributed by atoms with Crippen molar-refractivity contribution in [1.29, 1.82) is 0 Å². The van der Waals surface area contributed by atoms with Crippen LogP contribution in [0.4, 0.5) is 0 Å². The lowest BCUT2D eigenvalue weighted by Crippen LogP contribution is -2.27. The van der Waals surface area contributed by atoms with Gasteiger partial charge in [-0.3, -0.25) is 0 Å². The Kier molecular flexibility index (Phi) is 5.45. The van der Waals surface area contributed by atoms with E-state index in [0.717, 1.165) is 18.7 Å². The first-order chi connectivity index (χ1) is 8.11. The number of hydrogen-bond donors (Lipinski definition) is 1. The van der Waals surface area contributed by atoms with E-state index in [1.165, 1.54) is 5.56 Å². The molecule has 3 heteroatoms. The summed E-state index contributed by atoms with van der Waals surface area (Å²) >= 11 is 0. The normalized spacial score (nSPS) is 14.7. The van der Waals surface area contributed by atoms with Crippen LogP contribution >= 0.6 is 0 Å². The van der Waals surface area contributed by atoms with E-state index < -0.39 is 0 Å². The van der Waals surface area contributed by atoms with Crippen molar-refractivity contribution < 1.29 is 4.74 Å². The Hall–Kier alpha value is -1.06. The van der Waals surface area contributed by atoms with Gasteiger partial charge in [-0.15, -0.1) is 0 Å². The van der Waals surface area contributed by atoms with E-state index in [0.29, 0.717) is 12.0 Å². The molecule has 0 amide bonds. The monoisotopic (exact) mass is 236 g/mol. The second-order valence-corrected chi connectivity index (χ2v) is 4.71. The van der Waals surface area contributed by atoms with Crippen LogP contribution in [-0.2, 0) is 0 Å². The highest BCUT2D eigenvalue weighted by atomic mass is 16.5. The smallest absolute Gasteiger partial charge is 0.123 e. The fourth-order valence-electron chi connectivity index (χ4n) is 2.43. The van der Waals surface area contributed by atoms with Crippen LogP contribution in [-0.4, -0.2) is 32.6 Å². The summed E-state index contributed by atoms with van der Waals surface area (Å²) in [5.74, 6) is 1.46. The third kappa shape index (κ3) is 3.45. The lowest BCUT2D eigenvalue weighted by Gasteiger charge is -2.31. The lowest BCUT2D eigenvalue weighted by atomic mass is 9.90. The second kappa shape index (κ2) is 6.62. The second-order valence-electron chi connectivity index (χ2n) is 4.71. The Morgan fingerprint density at radius 1 is 1.29 bits per heavy atom. The van der Waals surface area contributed by atoms with Gasteiger partial charge < -0.3 is 15.4 Å². The Balaban J connectivity index is 3.04. The predicted molar refractivity (Wildman–Crippen MR) is 72.3 cm³/mol. The van der Waals surface area contributed by atoms with Crippen LogP contribution in [0, 0.1) is 5.92 Å². The summed E-state index contributed by atoms with van der Waals surface area (Å²) in [7, 11) is 5.92. The molecule has 2 atom stereocenters. The number of benzene rings is 1. The number of hydrogen-bond acceptors (Lipinski definition) is 3. The van der Waals surface area contributed by atoms with Crippen LogP contribution < -0.4 is 10.5 Å². The van der Waals surface area contributed by atoms with E-state index in [1.807, 2.05) is 12.1 Å². The summed E-state index contributed by atoms with van der Waals surface area (Å²) in [4.78, 5) is 2.23. The maximum Gasteiger partial charge on any atom is 0.123 e. The SMILES string of the molecule is COc1ccccc1C(C(C)CCN)N(C)C. The standard InChI is InChI=1S/C14H24N2O/c1-11(9-10-15)14(16(2)3)12-7-5-6-8-13(12)17-4/h5-8,11,14H,9-10,15H2,1-4H3. The van der Waals surface area contributed by atoms with Gasteiger partial charge in [0.2, 0.25) is 0 Å². The molecule has 0 radical (unpaired) electrons. The van der Waals surface area contributed by atoms with Crippen molar-refractivity contribution >= 4 is 0 Å². The molecule has 0 heterocycles. The third-order valence-corrected chi connectivity index (χ3v) is 3.17. The molecule has 3 nitrogen and oxygen atoms in total. The number of methoxy groups -OCH3 is 1. The van der Waals surface area contributed by atoms with Crippen molar-refractivity contribution in [3.05, 3.63) is 29.8 Å². The highest BCUT2D eigenvalue weighted by Crippen LogP contribution is 2.34. The van der Waals surface area contributed by atoms with Crippen molar-refractivity contribution in [1.82, 2.24) is 4.90 Å². The molecule has 0 saturated heterocycles. The minimum absolute atomic E-state index is 0.342. The first-order valence-corrected chi connectivity index (χ1v) is 6.11. The van der Waals surface area contributed by atoms with Crippen LogP contribution in [0.1, 0.15) is 24.9 Å². The maximum atomic E-state index is 5.67. The summed E-state index contributed by atoms with van der Waals surface area (Å²) in [6.07, 6.45) is 1.01. The van der Waals surface area contributed by atoms with E-state index in [4.69, 9.17) is 10.5 Å². The summed E-state index contributed by atoms with van der Waals surface area (Å²) in [5, 5.41) is 0. The highest BCUT2D eigenvalue weighted by Gasteiger charge is 2.23. The van der Waals surface area contributed by atoms with E-state index in [9.17, 15) is 0 Å². The van der Waals surface area contributed by atoms with Gasteiger partial charge in [0.1, 0.15) is 5.75 Å². The third-order valence-electron chi connectivity index (χ3n) is 3.17. The van der Waals surface area contributed by atoms with E-state index in [-0.39, 0.29) is 0 Å². The van der Waals surface area contributed by atoms with Crippen molar-refractivity contribution in [2.45, 2.75) is 19.4 Å². The lowest BCUT2D eigenvalue weighted by molar-refractivity contribution is 0.211. The van der Waals surface area contributed by atoms with E-state index in [1.54, 1.807) is 7.11 Å². The van der Waals surface area contributed by atoms with Gasteiger partial charge >= 0.3 is 0 Å². The molecule has 1 aromatic rings. The molecular weight excluding hydrogens is 212 g/mol. The van der Waals surface area contributed by atoms with Gasteiger partial charge in [-0.2, -0.15) is 0 Å². The summed E-state index contributed by atoms with van der Waals surface area (Å²) in [6.45, 7) is 2.96. The zero-order valence-electron chi connectivity index (χ0n) is 11.3. The van der Waals surface area contributed by atoms with Gasteiger partial charge in [-0.05, 0) is 39.0 Å². The van der Waals surface area contributed by atoms with Gasteiger partial charge in [-0.1, -0.05) is 25.1 Å². The number of nitrogens with two attached hydrogens (primary N) is 1. The average molecular weight is 236 g/mol. The molecule has 0 saturated carbocycles. The average Bonchev–Trinajstić information content (AvgIpc) is 2.30. The summed E-state index contributed by atoms with van der Waals surface area (Å²) < 4.78 is 5.45. The van der Waals surface area contributed by atoms with Crippen LogP contribution in [0.3, 0.4) is 0 Å². The minimum atomic E-state index is 0.342. The van der Waals surface area contributed by atoms with Crippen LogP contribution in [0.5, 0.6) is 5.75 Å². The van der Waals surface area contributed by atoms with Crippen molar-refractivity contribution in [3.8, 4) is 5.75 Å². The van der Waals surface area contributed by atoms with Crippen molar-refractivity contribution in [2.24, 2.45) is 11.7 Å². The molecule has 17 heavy (non-hydrogen) atoms. The highest BCUT2D eigenvalue weighted by molar-refractivity contribution is 5.36. The van der Waals surface area contributed by atoms with Gasteiger partial charge in [0, 0.05) is 11.6 Å². The topological polar surface area (TPSA) is 38.5 Å². The van der Waals surface area contributed by atoms with Crippen LogP contribution in [0.15, 0.2) is 24.3 Å². The zero-order chi connectivity index (χ0) is 12.8. The molecule has 0 aliphatic heterocycles. The largest absolute Gasteiger partial charge is 0.496 e. The number of ether oxygens (including phenoxy) is 1. The Bertz CT molecular complexity index is 339. The Morgan fingerprint density at radius 3 is 2.47 bits per heavy atom. The quantitative estimate of drug-likeness (QED) is 0.823. The Morgan fingerprint density at radius 2 is 1.94 bits per heavy atom. The maximum absolute atomic E-state index is 5.67. The van der Waals surface area contributed by atoms with E-state index in [2.05, 4.69) is 38.1 Å². The van der Waals surface area contributed by atoms with Crippen molar-refractivity contribution in [2.75, 3.05) is 27.7 Å². The van der Waals surface area contributed by atoms with Crippen LogP contribution in [0.25, 0.3) is 0 Å². The molecule has 2 unspecified atom stereocenters. The van der Waals surface area contributed by atoms with E-state index >= 15 is 0 Å². The predicted octanol–water partition coefficient (Wildman–Crippen LogP) is 2.28. The number of para-hydroxylation sites is 1. The van der Waals surface area contributed by atoms with Crippen LogP contribution in [0.2, 0.25) is 0 Å². The number of nitrogens with zero attached hydrogens (tertiary/aromatic N) is 1. The number of rotatable bonds is 6. The molecule has 0 aromatic heterocycles. The molecule has 2 N–H and O–H groups in total. The zero-order valence-corrected chi connectivity index (χ0v) is 11.3. The summed E-state index contributed by atoms with van der Waals surface area (Å²) in [5.41, 5.74) is 6.90. The first kappa shape index (κ1) is 14.0. The molecule has 0 fully saturated rings. The van der Waals surface area contributed by atoms with Gasteiger partial charge in [0.25, 0.3) is 0 Å². The van der Waals surface area contributed by atoms with Crippen molar-refractivity contribution in [3.63, 3.8) is 0 Å². The first-order valence-electron chi connectivity index (χ1n) is 6.11. The molecule has 1 rings (SSSR count).